The van der Waals surface area contributed by atoms with E-state index in [0.717, 1.165) is 50.3 Å². The summed E-state index contributed by atoms with van der Waals surface area (Å²) in [5.74, 6) is 0. The molecule has 2 aromatic heterocycles. The summed E-state index contributed by atoms with van der Waals surface area (Å²) in [5.41, 5.74) is 27.9. The number of para-hydroxylation sites is 2. The molecular formula is C73H59NO2. The van der Waals surface area contributed by atoms with Crippen molar-refractivity contribution in [1.29, 1.82) is 0 Å². The minimum absolute atomic E-state index is 0.00877. The van der Waals surface area contributed by atoms with E-state index in [1.165, 1.54) is 105 Å². The highest BCUT2D eigenvalue weighted by Gasteiger charge is 2.49. The van der Waals surface area contributed by atoms with Crippen molar-refractivity contribution in [3.05, 3.63) is 233 Å². The van der Waals surface area contributed by atoms with Crippen LogP contribution >= 0.6 is 0 Å². The zero-order chi connectivity index (χ0) is 51.8. The number of nitrogens with zero attached hydrogens (tertiary/aromatic N) is 1. The van der Waals surface area contributed by atoms with Crippen molar-refractivity contribution in [2.24, 2.45) is 0 Å². The zero-order valence-corrected chi connectivity index (χ0v) is 44.7. The molecule has 3 aliphatic carbocycles. The van der Waals surface area contributed by atoms with Gasteiger partial charge in [0, 0.05) is 66.0 Å². The number of anilines is 3. The second-order valence-corrected chi connectivity index (χ2v) is 24.4. The average Bonchev–Trinajstić information content (AvgIpc) is 4.34. The first-order valence-corrected chi connectivity index (χ1v) is 27.1. The molecule has 0 bridgehead atoms. The second kappa shape index (κ2) is 15.4. The van der Waals surface area contributed by atoms with Crippen molar-refractivity contribution >= 4 is 60.9 Å². The minimum atomic E-state index is -0.351. The van der Waals surface area contributed by atoms with E-state index >= 15 is 0 Å². The van der Waals surface area contributed by atoms with Gasteiger partial charge in [-0.05, 0) is 143 Å². The van der Waals surface area contributed by atoms with Gasteiger partial charge in [-0.3, -0.25) is 0 Å². The molecule has 0 spiro atoms. The molecule has 2 heterocycles. The molecule has 0 unspecified atom stereocenters. The van der Waals surface area contributed by atoms with Crippen LogP contribution in [0.1, 0.15) is 101 Å². The largest absolute Gasteiger partial charge is 0.455 e. The fourth-order valence-electron chi connectivity index (χ4n) is 14.2. The first-order chi connectivity index (χ1) is 36.6. The van der Waals surface area contributed by atoms with Crippen LogP contribution in [0, 0.1) is 0 Å². The zero-order valence-electron chi connectivity index (χ0n) is 44.7. The smallest absolute Gasteiger partial charge is 0.144 e. The van der Waals surface area contributed by atoms with E-state index in [1.807, 2.05) is 0 Å². The van der Waals surface area contributed by atoms with Gasteiger partial charge in [0.15, 0.2) is 0 Å². The Kier molecular flexibility index (Phi) is 9.10. The Morgan fingerprint density at radius 1 is 0.355 bits per heavy atom. The van der Waals surface area contributed by atoms with Crippen molar-refractivity contribution in [2.75, 3.05) is 4.90 Å². The van der Waals surface area contributed by atoms with E-state index < -0.39 is 0 Å². The standard InChI is InChI=1S/C73H59NO2/c1-70(2,3)43-31-33-44(34-32-43)74(46-36-38-51-57(40-46)73(8,9)67-65(51)69-64(53-27-17-20-30-60(53)76-69)62-49-25-15-18-28-55(49)72(6,7)66(62)67)45-35-37-50-56(39-45)71(4,5)58-41-54(48-24-14-13-23-47(48)42-21-11-10-12-22-42)68-63(61(50)58)52-26-16-19-29-59(52)75-68/h10-41H,1-9H3. The van der Waals surface area contributed by atoms with Crippen molar-refractivity contribution < 1.29 is 8.83 Å². The van der Waals surface area contributed by atoms with Crippen LogP contribution in [0.5, 0.6) is 0 Å². The molecule has 76 heavy (non-hydrogen) atoms. The molecule has 10 aromatic carbocycles. The fraction of sp³-hybridized carbons (Fsp3) is 0.178. The van der Waals surface area contributed by atoms with Crippen LogP contribution in [0.4, 0.5) is 17.1 Å². The van der Waals surface area contributed by atoms with Gasteiger partial charge in [0.25, 0.3) is 0 Å². The number of fused-ring (bicyclic) bond motifs is 19. The third kappa shape index (κ3) is 6.00. The summed E-state index contributed by atoms with van der Waals surface area (Å²) >= 11 is 0. The fourth-order valence-corrected chi connectivity index (χ4v) is 14.2. The predicted molar refractivity (Wildman–Crippen MR) is 318 cm³/mol. The Morgan fingerprint density at radius 2 is 0.842 bits per heavy atom. The van der Waals surface area contributed by atoms with Gasteiger partial charge in [-0.25, -0.2) is 0 Å². The van der Waals surface area contributed by atoms with E-state index in [4.69, 9.17) is 8.83 Å². The van der Waals surface area contributed by atoms with Crippen molar-refractivity contribution in [2.45, 2.75) is 84.0 Å². The lowest BCUT2D eigenvalue weighted by Crippen LogP contribution is -2.24. The highest BCUT2D eigenvalue weighted by atomic mass is 16.3. The molecule has 0 aliphatic heterocycles. The molecule has 0 amide bonds. The van der Waals surface area contributed by atoms with E-state index in [9.17, 15) is 0 Å². The third-order valence-corrected chi connectivity index (χ3v) is 18.0. The first-order valence-electron chi connectivity index (χ1n) is 27.1. The molecule has 12 aromatic rings. The summed E-state index contributed by atoms with van der Waals surface area (Å²) in [6.07, 6.45) is 0. The summed E-state index contributed by atoms with van der Waals surface area (Å²) in [4.78, 5) is 2.50. The predicted octanol–water partition coefficient (Wildman–Crippen LogP) is 20.5. The monoisotopic (exact) mass is 981 g/mol. The molecule has 0 N–H and O–H groups in total. The molecule has 3 nitrogen and oxygen atoms in total. The van der Waals surface area contributed by atoms with Gasteiger partial charge < -0.3 is 13.7 Å². The minimum Gasteiger partial charge on any atom is -0.455 e. The van der Waals surface area contributed by atoms with Crippen molar-refractivity contribution in [3.63, 3.8) is 0 Å². The number of hydrogen-bond acceptors (Lipinski definition) is 3. The molecule has 3 heteroatoms. The van der Waals surface area contributed by atoms with Crippen LogP contribution in [0.15, 0.2) is 203 Å². The lowest BCUT2D eigenvalue weighted by Gasteiger charge is -2.32. The maximum atomic E-state index is 7.09. The molecule has 0 radical (unpaired) electrons. The maximum absolute atomic E-state index is 7.09. The Bertz CT molecular complexity index is 4450. The molecule has 15 rings (SSSR count). The van der Waals surface area contributed by atoms with Gasteiger partial charge >= 0.3 is 0 Å². The van der Waals surface area contributed by atoms with E-state index in [-0.39, 0.29) is 21.7 Å². The van der Waals surface area contributed by atoms with Crippen LogP contribution < -0.4 is 4.90 Å². The number of hydrogen-bond donors (Lipinski definition) is 0. The first kappa shape index (κ1) is 45.0. The molecule has 0 saturated carbocycles. The van der Waals surface area contributed by atoms with Crippen LogP contribution in [-0.4, -0.2) is 0 Å². The Morgan fingerprint density at radius 3 is 1.50 bits per heavy atom. The number of furan rings is 2. The molecule has 3 aliphatic rings. The highest BCUT2D eigenvalue weighted by molar-refractivity contribution is 6.22. The van der Waals surface area contributed by atoms with Gasteiger partial charge in [-0.1, -0.05) is 202 Å². The van der Waals surface area contributed by atoms with Gasteiger partial charge in [0.2, 0.25) is 0 Å². The summed E-state index contributed by atoms with van der Waals surface area (Å²) in [7, 11) is 0. The molecule has 0 atom stereocenters. The summed E-state index contributed by atoms with van der Waals surface area (Å²) in [6, 6.07) is 72.0. The Hall–Kier alpha value is -8.40. The Balaban J connectivity index is 0.941. The summed E-state index contributed by atoms with van der Waals surface area (Å²) in [6.45, 7) is 21.5. The number of rotatable bonds is 5. The highest BCUT2D eigenvalue weighted by Crippen LogP contribution is 2.64. The lowest BCUT2D eigenvalue weighted by molar-refractivity contribution is 0.590. The topological polar surface area (TPSA) is 29.5 Å². The van der Waals surface area contributed by atoms with E-state index in [1.54, 1.807) is 0 Å². The molecule has 0 saturated heterocycles. The second-order valence-electron chi connectivity index (χ2n) is 24.4. The third-order valence-electron chi connectivity index (χ3n) is 18.0. The van der Waals surface area contributed by atoms with Gasteiger partial charge in [0.05, 0.1) is 0 Å². The van der Waals surface area contributed by atoms with Gasteiger partial charge in [-0.2, -0.15) is 0 Å². The average molecular weight is 982 g/mol. The molecule has 368 valence electrons. The van der Waals surface area contributed by atoms with Crippen LogP contribution in [-0.2, 0) is 21.7 Å². The molecule has 0 fully saturated rings. The quantitative estimate of drug-likeness (QED) is 0.172. The Labute approximate surface area is 445 Å². The van der Waals surface area contributed by atoms with Gasteiger partial charge in [-0.15, -0.1) is 0 Å². The summed E-state index contributed by atoms with van der Waals surface area (Å²) in [5, 5.41) is 4.72. The molecular weight excluding hydrogens is 923 g/mol. The summed E-state index contributed by atoms with van der Waals surface area (Å²) < 4.78 is 14.1. The van der Waals surface area contributed by atoms with Crippen LogP contribution in [0.3, 0.4) is 0 Å². The normalized spacial score (nSPS) is 15.2. The SMILES string of the molecule is CC(C)(C)c1ccc(N(c2ccc3c(c2)C(C)(C)c2cc(-c4ccccc4-c4ccccc4)c4oc5ccccc5c4c2-3)c2ccc3c(c2)C(C)(C)c2c4c(c5c(oc6ccccc65)c2-3)-c2ccccc2C4(C)C)cc1. The van der Waals surface area contributed by atoms with Crippen LogP contribution in [0.25, 0.3) is 99.5 Å². The van der Waals surface area contributed by atoms with E-state index in [0.29, 0.717) is 0 Å². The van der Waals surface area contributed by atoms with Gasteiger partial charge in [0.1, 0.15) is 22.3 Å². The number of benzene rings is 10. The van der Waals surface area contributed by atoms with E-state index in [2.05, 4.69) is 261 Å². The van der Waals surface area contributed by atoms with Crippen molar-refractivity contribution in [3.8, 4) is 55.6 Å². The van der Waals surface area contributed by atoms with Crippen molar-refractivity contribution in [1.82, 2.24) is 0 Å². The lowest BCUT2D eigenvalue weighted by atomic mass is 9.72. The maximum Gasteiger partial charge on any atom is 0.144 e. The van der Waals surface area contributed by atoms with Crippen LogP contribution in [0.2, 0.25) is 0 Å².